The van der Waals surface area contributed by atoms with E-state index in [1.807, 2.05) is 31.2 Å². The van der Waals surface area contributed by atoms with Gasteiger partial charge < -0.3 is 10.5 Å². The summed E-state index contributed by atoms with van der Waals surface area (Å²) < 4.78 is 4.97. The zero-order valence-electron chi connectivity index (χ0n) is 12.6. The lowest BCUT2D eigenvalue weighted by molar-refractivity contribution is -0.137. The van der Waals surface area contributed by atoms with E-state index in [9.17, 15) is 4.79 Å². The van der Waals surface area contributed by atoms with E-state index in [-0.39, 0.29) is 11.2 Å². The number of aryl methyl sites for hydroxylation is 1. The molecule has 5 nitrogen and oxygen atoms in total. The van der Waals surface area contributed by atoms with Crippen LogP contribution in [0.3, 0.4) is 0 Å². The highest BCUT2D eigenvalue weighted by Gasteiger charge is 2.29. The molecule has 2 heterocycles. The Morgan fingerprint density at radius 1 is 1.35 bits per heavy atom. The van der Waals surface area contributed by atoms with Gasteiger partial charge in [0.1, 0.15) is 11.1 Å². The highest BCUT2D eigenvalue weighted by molar-refractivity contribution is 8.00. The number of ether oxygens (including phenoxy) is 1. The average molecular weight is 350 g/mol. The minimum atomic E-state index is -0.250. The minimum absolute atomic E-state index is 0.211. The topological polar surface area (TPSA) is 78.1 Å². The molecule has 7 heteroatoms. The van der Waals surface area contributed by atoms with Crippen LogP contribution in [0, 0.1) is 0 Å². The van der Waals surface area contributed by atoms with Crippen molar-refractivity contribution in [3.63, 3.8) is 0 Å². The first kappa shape index (κ1) is 16.1. The summed E-state index contributed by atoms with van der Waals surface area (Å²) in [5, 5.41) is 0.930. The fourth-order valence-corrected chi connectivity index (χ4v) is 3.53. The standard InChI is InChI=1S/C16H16ClN3O2S/c1-2-11-13(9-3-5-10(17)6-4-9)14(18)20-16(19-11)23-12-7-8-22-15(12)21/h3-6,12H,2,7-8H2,1H3,(H2,18,19,20)/t12-/m1/s1. The number of carbonyl (C=O) groups excluding carboxylic acids is 1. The molecule has 1 fully saturated rings. The van der Waals surface area contributed by atoms with E-state index in [0.717, 1.165) is 16.8 Å². The Morgan fingerprint density at radius 2 is 2.09 bits per heavy atom. The van der Waals surface area contributed by atoms with Crippen LogP contribution in [0.4, 0.5) is 5.82 Å². The molecule has 0 saturated carbocycles. The summed E-state index contributed by atoms with van der Waals surface area (Å²) in [7, 11) is 0. The van der Waals surface area contributed by atoms with E-state index in [1.54, 1.807) is 0 Å². The van der Waals surface area contributed by atoms with E-state index in [4.69, 9.17) is 22.1 Å². The van der Waals surface area contributed by atoms with Crippen LogP contribution in [0.5, 0.6) is 0 Å². The molecule has 1 atom stereocenters. The summed E-state index contributed by atoms with van der Waals surface area (Å²) in [5.74, 6) is 0.199. The molecule has 23 heavy (non-hydrogen) atoms. The largest absolute Gasteiger partial charge is 0.465 e. The maximum atomic E-state index is 11.6. The number of nitrogen functional groups attached to an aromatic ring is 1. The summed E-state index contributed by atoms with van der Waals surface area (Å²) in [5.41, 5.74) is 8.77. The van der Waals surface area contributed by atoms with Crippen molar-refractivity contribution in [2.24, 2.45) is 0 Å². The summed E-state index contributed by atoms with van der Waals surface area (Å²) in [4.78, 5) is 20.5. The number of benzene rings is 1. The zero-order valence-corrected chi connectivity index (χ0v) is 14.2. The van der Waals surface area contributed by atoms with Gasteiger partial charge in [0.25, 0.3) is 0 Å². The van der Waals surface area contributed by atoms with Gasteiger partial charge in [-0.05, 0) is 24.1 Å². The second-order valence-corrected chi connectivity index (χ2v) is 6.74. The summed E-state index contributed by atoms with van der Waals surface area (Å²) >= 11 is 7.25. The van der Waals surface area contributed by atoms with E-state index in [1.165, 1.54) is 11.8 Å². The number of cyclic esters (lactones) is 1. The molecule has 2 N–H and O–H groups in total. The Kier molecular flexibility index (Phi) is 4.73. The number of thioether (sulfide) groups is 1. The van der Waals surface area contributed by atoms with Crippen molar-refractivity contribution in [1.29, 1.82) is 0 Å². The van der Waals surface area contributed by atoms with Gasteiger partial charge in [-0.3, -0.25) is 4.79 Å². The molecular weight excluding hydrogens is 334 g/mol. The lowest BCUT2D eigenvalue weighted by Gasteiger charge is -2.13. The minimum Gasteiger partial charge on any atom is -0.465 e. The first-order chi connectivity index (χ1) is 11.1. The quantitative estimate of drug-likeness (QED) is 0.673. The lowest BCUT2D eigenvalue weighted by atomic mass is 10.0. The average Bonchev–Trinajstić information content (AvgIpc) is 2.93. The van der Waals surface area contributed by atoms with Gasteiger partial charge in [0.15, 0.2) is 5.16 Å². The van der Waals surface area contributed by atoms with Crippen molar-refractivity contribution in [3.8, 4) is 11.1 Å². The molecule has 0 aliphatic carbocycles. The number of nitrogens with two attached hydrogens (primary N) is 1. The molecule has 2 aromatic rings. The molecule has 0 amide bonds. The number of carbonyl (C=O) groups is 1. The van der Waals surface area contributed by atoms with E-state index >= 15 is 0 Å². The SMILES string of the molecule is CCc1nc(S[C@@H]2CCOC2=O)nc(N)c1-c1ccc(Cl)cc1. The fourth-order valence-electron chi connectivity index (χ4n) is 2.45. The predicted molar refractivity (Wildman–Crippen MR) is 91.5 cm³/mol. The van der Waals surface area contributed by atoms with E-state index < -0.39 is 0 Å². The fraction of sp³-hybridized carbons (Fsp3) is 0.312. The highest BCUT2D eigenvalue weighted by Crippen LogP contribution is 2.33. The maximum absolute atomic E-state index is 11.6. The van der Waals surface area contributed by atoms with Gasteiger partial charge in [0, 0.05) is 17.0 Å². The van der Waals surface area contributed by atoms with Crippen LogP contribution < -0.4 is 5.73 Å². The number of hydrogen-bond donors (Lipinski definition) is 1. The second-order valence-electron chi connectivity index (χ2n) is 5.14. The molecule has 0 spiro atoms. The Bertz CT molecular complexity index is 737. The molecule has 0 radical (unpaired) electrons. The lowest BCUT2D eigenvalue weighted by Crippen LogP contribution is -2.11. The van der Waals surface area contributed by atoms with Gasteiger partial charge in [0.05, 0.1) is 12.3 Å². The molecule has 120 valence electrons. The van der Waals surface area contributed by atoms with Crippen molar-refractivity contribution >= 4 is 35.1 Å². The van der Waals surface area contributed by atoms with Crippen LogP contribution >= 0.6 is 23.4 Å². The molecule has 1 saturated heterocycles. The van der Waals surface area contributed by atoms with Crippen LogP contribution in [0.1, 0.15) is 19.0 Å². The van der Waals surface area contributed by atoms with Crippen LogP contribution in [-0.2, 0) is 16.0 Å². The van der Waals surface area contributed by atoms with Crippen LogP contribution in [0.2, 0.25) is 5.02 Å². The summed E-state index contributed by atoms with van der Waals surface area (Å²) in [6.07, 6.45) is 1.39. The number of nitrogens with zero attached hydrogens (tertiary/aromatic N) is 2. The van der Waals surface area contributed by atoms with Crippen LogP contribution in [0.15, 0.2) is 29.4 Å². The van der Waals surface area contributed by atoms with Crippen molar-refractivity contribution in [3.05, 3.63) is 35.0 Å². The van der Waals surface area contributed by atoms with Crippen molar-refractivity contribution in [2.75, 3.05) is 12.3 Å². The smallest absolute Gasteiger partial charge is 0.319 e. The zero-order chi connectivity index (χ0) is 16.4. The van der Waals surface area contributed by atoms with Gasteiger partial charge in [-0.15, -0.1) is 0 Å². The van der Waals surface area contributed by atoms with Gasteiger partial charge >= 0.3 is 5.97 Å². The third-order valence-electron chi connectivity index (χ3n) is 3.59. The van der Waals surface area contributed by atoms with Crippen molar-refractivity contribution in [1.82, 2.24) is 9.97 Å². The first-order valence-electron chi connectivity index (χ1n) is 7.34. The Labute approximate surface area is 143 Å². The van der Waals surface area contributed by atoms with Crippen LogP contribution in [-0.4, -0.2) is 27.8 Å². The monoisotopic (exact) mass is 349 g/mol. The first-order valence-corrected chi connectivity index (χ1v) is 8.60. The summed E-state index contributed by atoms with van der Waals surface area (Å²) in [6, 6.07) is 7.43. The van der Waals surface area contributed by atoms with E-state index in [0.29, 0.717) is 35.4 Å². The van der Waals surface area contributed by atoms with Crippen molar-refractivity contribution < 1.29 is 9.53 Å². The number of halogens is 1. The molecule has 1 aliphatic heterocycles. The Hall–Kier alpha value is -1.79. The third kappa shape index (κ3) is 3.43. The Morgan fingerprint density at radius 3 is 2.70 bits per heavy atom. The highest BCUT2D eigenvalue weighted by atomic mass is 35.5. The third-order valence-corrected chi connectivity index (χ3v) is 4.95. The predicted octanol–water partition coefficient (Wildman–Crippen LogP) is 3.35. The molecule has 3 rings (SSSR count). The van der Waals surface area contributed by atoms with Crippen LogP contribution in [0.25, 0.3) is 11.1 Å². The van der Waals surface area contributed by atoms with Gasteiger partial charge in [0.2, 0.25) is 0 Å². The maximum Gasteiger partial charge on any atom is 0.319 e. The van der Waals surface area contributed by atoms with Crippen molar-refractivity contribution in [2.45, 2.75) is 30.2 Å². The second kappa shape index (κ2) is 6.76. The molecule has 0 unspecified atom stereocenters. The summed E-state index contributed by atoms with van der Waals surface area (Å²) in [6.45, 7) is 2.47. The molecule has 1 aromatic carbocycles. The molecule has 0 bridgehead atoms. The van der Waals surface area contributed by atoms with Gasteiger partial charge in [-0.1, -0.05) is 42.4 Å². The van der Waals surface area contributed by atoms with Gasteiger partial charge in [-0.2, -0.15) is 0 Å². The van der Waals surface area contributed by atoms with Gasteiger partial charge in [-0.25, -0.2) is 9.97 Å². The Balaban J connectivity index is 1.95. The number of anilines is 1. The molecule has 1 aromatic heterocycles. The number of hydrogen-bond acceptors (Lipinski definition) is 6. The normalized spacial score (nSPS) is 17.3. The van der Waals surface area contributed by atoms with E-state index in [2.05, 4.69) is 9.97 Å². The molecular formula is C16H16ClN3O2S. The molecule has 1 aliphatic rings. The number of aromatic nitrogens is 2. The number of rotatable bonds is 4. The number of esters is 1.